The number of halogens is 4. The van der Waals surface area contributed by atoms with E-state index in [1.54, 1.807) is 0 Å². The van der Waals surface area contributed by atoms with E-state index in [1.807, 2.05) is 41.5 Å². The van der Waals surface area contributed by atoms with Gasteiger partial charge in [0.2, 0.25) is 0 Å². The minimum Gasteiger partial charge on any atom is -0.322 e. The predicted molar refractivity (Wildman–Crippen MR) is 158 cm³/mol. The first-order valence-electron chi connectivity index (χ1n) is 14.1. The van der Waals surface area contributed by atoms with Gasteiger partial charge >= 0.3 is 0 Å². The molecule has 12 heteroatoms. The van der Waals surface area contributed by atoms with Crippen molar-refractivity contribution in [3.05, 3.63) is 117 Å². The summed E-state index contributed by atoms with van der Waals surface area (Å²) in [5.41, 5.74) is 1.60. The molecule has 2 fully saturated rings. The average Bonchev–Trinajstić information content (AvgIpc) is 3.54. The van der Waals surface area contributed by atoms with Crippen LogP contribution in [0, 0.1) is 35.9 Å². The lowest BCUT2D eigenvalue weighted by Crippen LogP contribution is -2.40. The molecular formula is C32H27ClF3N3O4S. The van der Waals surface area contributed by atoms with Crippen LogP contribution in [0.25, 0.3) is 4.85 Å². The molecule has 7 nitrogen and oxygen atoms in total. The van der Waals surface area contributed by atoms with Gasteiger partial charge in [-0.3, -0.25) is 9.63 Å². The van der Waals surface area contributed by atoms with E-state index in [4.69, 9.17) is 23.0 Å². The van der Waals surface area contributed by atoms with Crippen molar-refractivity contribution in [3.63, 3.8) is 0 Å². The molecule has 6 rings (SSSR count). The van der Waals surface area contributed by atoms with Crippen LogP contribution >= 0.6 is 11.6 Å². The highest BCUT2D eigenvalue weighted by Gasteiger charge is 2.51. The van der Waals surface area contributed by atoms with E-state index in [-0.39, 0.29) is 45.7 Å². The van der Waals surface area contributed by atoms with E-state index >= 15 is 0 Å². The Morgan fingerprint density at radius 1 is 1.07 bits per heavy atom. The highest BCUT2D eigenvalue weighted by atomic mass is 35.5. The van der Waals surface area contributed by atoms with Crippen molar-refractivity contribution in [2.75, 3.05) is 11.9 Å². The summed E-state index contributed by atoms with van der Waals surface area (Å²) in [7, 11) is -4.04. The molecule has 5 atom stereocenters. The van der Waals surface area contributed by atoms with Crippen LogP contribution in [0.2, 0.25) is 5.02 Å². The normalized spacial score (nSPS) is 25.0. The lowest BCUT2D eigenvalue weighted by Gasteiger charge is -2.33. The first kappa shape index (κ1) is 30.3. The zero-order valence-electron chi connectivity index (χ0n) is 23.2. The molecular weight excluding hydrogens is 615 g/mol. The Hall–Kier alpha value is -3.69. The summed E-state index contributed by atoms with van der Waals surface area (Å²) in [4.78, 5) is 22.4. The van der Waals surface area contributed by atoms with Crippen molar-refractivity contribution in [1.29, 1.82) is 0 Å². The third-order valence-corrected chi connectivity index (χ3v) is 11.4. The van der Waals surface area contributed by atoms with E-state index in [9.17, 15) is 26.4 Å². The number of rotatable bonds is 7. The second-order valence-corrected chi connectivity index (χ2v) is 13.8. The van der Waals surface area contributed by atoms with E-state index in [0.29, 0.717) is 37.9 Å². The van der Waals surface area contributed by atoms with Crippen LogP contribution in [0.3, 0.4) is 0 Å². The molecule has 3 aromatic carbocycles. The van der Waals surface area contributed by atoms with Crippen LogP contribution in [-0.4, -0.2) is 43.3 Å². The number of hydrogen-bond acceptors (Lipinski definition) is 5. The molecule has 3 aromatic rings. The maximum absolute atomic E-state index is 14.1. The number of hydroxylamine groups is 2. The number of fused-ring (bicyclic) bond motifs is 2. The van der Waals surface area contributed by atoms with Gasteiger partial charge in [-0.05, 0) is 60.4 Å². The summed E-state index contributed by atoms with van der Waals surface area (Å²) >= 11 is 6.38. The number of nitrogens with zero attached hydrogens (tertiary/aromatic N) is 2. The van der Waals surface area contributed by atoms with Crippen molar-refractivity contribution >= 4 is 33.0 Å². The van der Waals surface area contributed by atoms with Gasteiger partial charge in [0.1, 0.15) is 12.6 Å². The second kappa shape index (κ2) is 12.0. The largest absolute Gasteiger partial charge is 0.322 e. The molecule has 1 saturated carbocycles. The summed E-state index contributed by atoms with van der Waals surface area (Å²) in [5.74, 6) is -6.02. The highest BCUT2D eigenvalue weighted by Crippen LogP contribution is 2.49. The lowest BCUT2D eigenvalue weighted by molar-refractivity contribution is -0.133. The summed E-state index contributed by atoms with van der Waals surface area (Å²) in [6.07, 6.45) is 3.78. The predicted octanol–water partition coefficient (Wildman–Crippen LogP) is 6.61. The van der Waals surface area contributed by atoms with Crippen LogP contribution < -0.4 is 5.32 Å². The molecule has 0 spiro atoms. The van der Waals surface area contributed by atoms with Gasteiger partial charge in [-0.1, -0.05) is 48.0 Å². The van der Waals surface area contributed by atoms with Crippen molar-refractivity contribution < 1.29 is 31.2 Å². The molecule has 0 radical (unpaired) electrons. The monoisotopic (exact) mass is 641 g/mol. The quantitative estimate of drug-likeness (QED) is 0.178. The fourth-order valence-corrected chi connectivity index (χ4v) is 9.43. The first-order valence-corrected chi connectivity index (χ1v) is 16.0. The van der Waals surface area contributed by atoms with Crippen LogP contribution in [-0.2, 0) is 21.2 Å². The topological polar surface area (TPSA) is 80.1 Å². The Morgan fingerprint density at radius 3 is 2.48 bits per heavy atom. The van der Waals surface area contributed by atoms with Gasteiger partial charge in [-0.15, -0.1) is 0 Å². The van der Waals surface area contributed by atoms with Gasteiger partial charge < -0.3 is 10.2 Å². The zero-order chi connectivity index (χ0) is 31.2. The molecule has 1 amide bonds. The maximum Gasteiger partial charge on any atom is 0.269 e. The minimum atomic E-state index is -4.04. The highest BCUT2D eigenvalue weighted by molar-refractivity contribution is 7.92. The molecule has 1 heterocycles. The van der Waals surface area contributed by atoms with Gasteiger partial charge in [0.05, 0.1) is 21.7 Å². The third kappa shape index (κ3) is 5.63. The summed E-state index contributed by atoms with van der Waals surface area (Å²) in [5, 5.41) is 3.26. The van der Waals surface area contributed by atoms with Gasteiger partial charge in [0, 0.05) is 23.4 Å². The van der Waals surface area contributed by atoms with E-state index in [2.05, 4.69) is 10.2 Å². The fraction of sp³-hybridized carbons (Fsp3) is 0.312. The Bertz CT molecular complexity index is 1770. The van der Waals surface area contributed by atoms with Crippen LogP contribution in [0.5, 0.6) is 0 Å². The molecule has 3 unspecified atom stereocenters. The number of amides is 1. The molecule has 0 aromatic heterocycles. The number of sulfone groups is 1. The molecule has 1 aliphatic heterocycles. The van der Waals surface area contributed by atoms with Gasteiger partial charge in [-0.2, -0.15) is 5.06 Å². The van der Waals surface area contributed by atoms with Crippen LogP contribution in [0.4, 0.5) is 18.9 Å². The van der Waals surface area contributed by atoms with E-state index in [0.717, 1.165) is 17.2 Å². The van der Waals surface area contributed by atoms with Crippen molar-refractivity contribution in [1.82, 2.24) is 5.06 Å². The number of hydrogen-bond donors (Lipinski definition) is 1. The van der Waals surface area contributed by atoms with E-state index < -0.39 is 44.5 Å². The Balaban J connectivity index is 1.26. The summed E-state index contributed by atoms with van der Waals surface area (Å²) < 4.78 is 68.9. The Morgan fingerprint density at radius 2 is 1.80 bits per heavy atom. The molecule has 228 valence electrons. The number of allylic oxidation sites excluding steroid dienone is 1. The summed E-state index contributed by atoms with van der Waals surface area (Å²) in [6.45, 7) is 8.51. The average molecular weight is 642 g/mol. The van der Waals surface area contributed by atoms with E-state index in [1.165, 1.54) is 12.1 Å². The number of carbonyl (C=O) groups is 1. The fourth-order valence-electron chi connectivity index (χ4n) is 6.65. The Kier molecular flexibility index (Phi) is 8.28. The number of anilines is 1. The summed E-state index contributed by atoms with van der Waals surface area (Å²) in [6, 6.07) is 14.1. The Labute approximate surface area is 258 Å². The lowest BCUT2D eigenvalue weighted by atomic mass is 9.83. The molecule has 3 aliphatic rings. The third-order valence-electron chi connectivity index (χ3n) is 8.60. The molecule has 44 heavy (non-hydrogen) atoms. The van der Waals surface area contributed by atoms with Crippen molar-refractivity contribution in [2.24, 2.45) is 11.8 Å². The van der Waals surface area contributed by atoms with Gasteiger partial charge in [-0.25, -0.2) is 28.2 Å². The number of benzene rings is 3. The van der Waals surface area contributed by atoms with Crippen LogP contribution in [0.15, 0.2) is 77.2 Å². The minimum absolute atomic E-state index is 0.0547. The van der Waals surface area contributed by atoms with Crippen LogP contribution in [0.1, 0.15) is 35.2 Å². The molecule has 1 N–H and O–H groups in total. The smallest absolute Gasteiger partial charge is 0.269 e. The van der Waals surface area contributed by atoms with Gasteiger partial charge in [0.15, 0.2) is 27.3 Å². The molecule has 1 saturated heterocycles. The van der Waals surface area contributed by atoms with Gasteiger partial charge in [0.25, 0.3) is 11.9 Å². The maximum atomic E-state index is 14.1. The first-order chi connectivity index (χ1) is 21.1. The molecule has 2 aliphatic carbocycles. The standard InChI is InChI=1S/C32H27ClF3N3O4S/c1-37-27-17-43-39(16-18-5-3-2-4-6-18)30(27)22-11-19-7-8-20(12-22)31(19)44(41,42)28-13-21(9-10-24(28)33)32(40)38-23-14-25(34)29(36)26(35)15-23/h2-6,9-11,13-15,19-20,27,30-31H,7-8,12,16-17H2,(H,38,40)/t19-,20?,27?,30?,31+/m0/s1. The zero-order valence-corrected chi connectivity index (χ0v) is 24.8. The van der Waals surface area contributed by atoms with Crippen molar-refractivity contribution in [3.8, 4) is 0 Å². The number of carbonyl (C=O) groups excluding carboxylic acids is 1. The van der Waals surface area contributed by atoms with Crippen molar-refractivity contribution in [2.45, 2.75) is 48.0 Å². The number of nitrogens with one attached hydrogen (secondary N) is 1. The second-order valence-electron chi connectivity index (χ2n) is 11.3. The SMILES string of the molecule is [C-]#[N+]C1CON(Cc2ccccc2)C1C1=C[C@@H]2CCC(C1)[C@@H]2S(=O)(=O)c1cc(C(=O)Nc2cc(F)c(F)c(F)c2)ccc1Cl. The molecule has 2 bridgehead atoms.